The molecule has 0 fully saturated rings. The van der Waals surface area contributed by atoms with Gasteiger partial charge in [0.05, 0.1) is 65.1 Å². The van der Waals surface area contributed by atoms with Gasteiger partial charge in [0.1, 0.15) is 46.2 Å². The van der Waals surface area contributed by atoms with E-state index in [0.29, 0.717) is 34.1 Å². The van der Waals surface area contributed by atoms with Crippen LogP contribution < -0.4 is 134 Å². The number of benzene rings is 8. The summed E-state index contributed by atoms with van der Waals surface area (Å²) in [6.45, 7) is 14.5. The predicted octanol–water partition coefficient (Wildman–Crippen LogP) is -4.78. The smallest absolute Gasteiger partial charge is 0.748 e. The summed E-state index contributed by atoms with van der Waals surface area (Å²) in [7, 11) is -20.6. The summed E-state index contributed by atoms with van der Waals surface area (Å²) in [4.78, 5) is 186. The largest absolute Gasteiger partial charge is 1.00 e. The molecular formula is C76H60N12Na4O27S4. The van der Waals surface area contributed by atoms with Gasteiger partial charge >= 0.3 is 118 Å². The topological polar surface area (TPSA) is 605 Å². The van der Waals surface area contributed by atoms with Crippen LogP contribution in [0.25, 0.3) is 0 Å². The molecule has 0 saturated heterocycles. The van der Waals surface area contributed by atoms with Gasteiger partial charge in [-0.15, -0.1) is 0 Å². The summed E-state index contributed by atoms with van der Waals surface area (Å²) in [6.07, 6.45) is 0. The van der Waals surface area contributed by atoms with Crippen LogP contribution in [0.2, 0.25) is 0 Å². The molecule has 3 aliphatic heterocycles. The van der Waals surface area contributed by atoms with Crippen LogP contribution in [0.3, 0.4) is 0 Å². The van der Waals surface area contributed by atoms with Crippen molar-refractivity contribution in [1.29, 1.82) is 0 Å². The van der Waals surface area contributed by atoms with Crippen LogP contribution in [0, 0.1) is 41.5 Å². The summed E-state index contributed by atoms with van der Waals surface area (Å²) in [6, 6.07) is 27.1. The van der Waals surface area contributed by atoms with Crippen LogP contribution in [-0.2, 0) is 74.0 Å². The van der Waals surface area contributed by atoms with E-state index in [-0.39, 0.29) is 190 Å². The number of hydrogen-bond acceptors (Lipinski definition) is 33. The Morgan fingerprint density at radius 2 is 0.626 bits per heavy atom. The van der Waals surface area contributed by atoms with E-state index in [2.05, 4.69) is 46.6 Å². The predicted molar refractivity (Wildman–Crippen MR) is 406 cm³/mol. The van der Waals surface area contributed by atoms with E-state index in [1.165, 1.54) is 37.3 Å². The number of amides is 12. The molecule has 3 heterocycles. The first-order valence-electron chi connectivity index (χ1n) is 34.1. The molecule has 47 heteroatoms. The van der Waals surface area contributed by atoms with Crippen LogP contribution in [0.4, 0.5) is 34.1 Å². The maximum atomic E-state index is 13.1. The molecule has 11 rings (SSSR count). The number of aryl methyl sites for hydroxylation is 6. The van der Waals surface area contributed by atoms with Crippen molar-refractivity contribution in [3.8, 4) is 0 Å². The molecular weight excluding hydrogens is 1730 g/mol. The summed E-state index contributed by atoms with van der Waals surface area (Å²) < 4.78 is 135. The number of carbonyl (C=O) groups is 15. The molecule has 12 amide bonds. The van der Waals surface area contributed by atoms with E-state index in [9.17, 15) is 124 Å². The van der Waals surface area contributed by atoms with Gasteiger partial charge in [-0.05, 0) is 188 Å². The Kier molecular flexibility index (Phi) is 35.5. The van der Waals surface area contributed by atoms with Crippen molar-refractivity contribution in [1.82, 2.24) is 14.7 Å². The van der Waals surface area contributed by atoms with Gasteiger partial charge in [-0.25, -0.2) is 48.4 Å². The SMILES string of the molecule is CC(=O)C(N=Nc1ccc2c(c1)C(=O)N(C(=O)CS(=O)(=O)[O-])C2=O)C(=O)Nc1ccc(C)cc1C.CC(=O)C(N=Nc1ccc2c(c1)C(=O)N(C(=O)c1cc(S(=O)(=O)[O-])cc(S(=O)(=O)[O-])c1)C2=O)C(=O)Nc1ccc(C)cc1C.CC(=O)C(N=Nc1ccc2c(c1)C(=O)N(C(=O)c1cccc(S(=O)(=O)[O-])c1)C2=O)C(=O)Nc1ccc(C)cc1C.[Na+].[Na+].[Na+].[Na+]. The first-order chi connectivity index (χ1) is 55.4. The van der Waals surface area contributed by atoms with E-state index in [4.69, 9.17) is 0 Å². The Bertz CT molecular complexity index is 6380. The average Bonchev–Trinajstić information content (AvgIpc) is 1.64. The summed E-state index contributed by atoms with van der Waals surface area (Å²) in [5.41, 5.74) is 3.87. The minimum absolute atomic E-state index is 0. The maximum absolute atomic E-state index is 13.1. The number of azo groups is 3. The zero-order valence-electron chi connectivity index (χ0n) is 67.1. The molecule has 614 valence electrons. The Morgan fingerprint density at radius 3 is 0.919 bits per heavy atom. The Hall–Kier alpha value is -9.95. The van der Waals surface area contributed by atoms with Gasteiger partial charge in [-0.2, -0.15) is 30.7 Å². The number of ketones is 3. The Morgan fingerprint density at radius 1 is 0.341 bits per heavy atom. The number of rotatable bonds is 22. The van der Waals surface area contributed by atoms with Crippen molar-refractivity contribution >= 4 is 163 Å². The van der Waals surface area contributed by atoms with Gasteiger partial charge in [0.2, 0.25) is 18.1 Å². The second-order valence-corrected chi connectivity index (χ2v) is 32.0. The van der Waals surface area contributed by atoms with Crippen molar-refractivity contribution in [3.63, 3.8) is 0 Å². The molecule has 3 unspecified atom stereocenters. The van der Waals surface area contributed by atoms with Crippen molar-refractivity contribution in [3.05, 3.63) is 230 Å². The van der Waals surface area contributed by atoms with E-state index >= 15 is 0 Å². The zero-order chi connectivity index (χ0) is 88.2. The fourth-order valence-corrected chi connectivity index (χ4v) is 13.6. The minimum Gasteiger partial charge on any atom is -0.748 e. The van der Waals surface area contributed by atoms with E-state index in [1.54, 1.807) is 57.2 Å². The molecule has 8 aromatic rings. The Balaban J connectivity index is 0.000000325. The van der Waals surface area contributed by atoms with Crippen LogP contribution in [0.15, 0.2) is 197 Å². The first kappa shape index (κ1) is 104. The number of fused-ring (bicyclic) bond motifs is 3. The van der Waals surface area contributed by atoms with Gasteiger partial charge < -0.3 is 34.2 Å². The van der Waals surface area contributed by atoms with Gasteiger partial charge in [0.25, 0.3) is 70.9 Å². The van der Waals surface area contributed by atoms with Crippen LogP contribution in [-0.4, -0.2) is 179 Å². The molecule has 0 radical (unpaired) electrons. The molecule has 0 bridgehead atoms. The second-order valence-electron chi connectivity index (χ2n) is 26.4. The van der Waals surface area contributed by atoms with Crippen molar-refractivity contribution in [2.75, 3.05) is 21.7 Å². The van der Waals surface area contributed by atoms with Crippen molar-refractivity contribution < 1.29 is 242 Å². The maximum Gasteiger partial charge on any atom is 1.00 e. The van der Waals surface area contributed by atoms with Crippen LogP contribution in [0.1, 0.15) is 137 Å². The third-order valence-electron chi connectivity index (χ3n) is 17.3. The van der Waals surface area contributed by atoms with E-state index in [0.717, 1.165) is 95.8 Å². The third-order valence-corrected chi connectivity index (χ3v) is 20.4. The van der Waals surface area contributed by atoms with Gasteiger partial charge in [-0.1, -0.05) is 59.2 Å². The number of carbonyl (C=O) groups excluding carboxylic acids is 15. The number of nitrogens with one attached hydrogen (secondary N) is 3. The molecule has 0 saturated carbocycles. The molecule has 0 spiro atoms. The van der Waals surface area contributed by atoms with Crippen LogP contribution in [0.5, 0.6) is 0 Å². The molecule has 0 aliphatic carbocycles. The summed E-state index contributed by atoms with van der Waals surface area (Å²) in [5.74, 6) is -16.3. The average molecular weight is 1790 g/mol. The van der Waals surface area contributed by atoms with Crippen molar-refractivity contribution in [2.45, 2.75) is 95.1 Å². The zero-order valence-corrected chi connectivity index (χ0v) is 78.3. The fraction of sp³-hybridized carbons (Fsp3) is 0.171. The molecule has 3 atom stereocenters. The number of nitrogens with zero attached hydrogens (tertiary/aromatic N) is 9. The normalized spacial score (nSPS) is 13.6. The molecule has 0 aromatic heterocycles. The molecule has 3 aliphatic rings. The second kappa shape index (κ2) is 42.2. The minimum atomic E-state index is -5.37. The quantitative estimate of drug-likeness (QED) is 0.0188. The molecule has 123 heavy (non-hydrogen) atoms. The molecule has 39 nitrogen and oxygen atoms in total. The standard InChI is InChI=1S/C27H22N4O11S2.C27H22N4O8S.C22H20N4O8S.4Na/c1-13-4-7-22(14(2)8-13)28-24(33)23(15(3)32)30-29-17-5-6-20-21(11-17)27(36)31(26(20)35)25(34)16-9-18(43(37,38)39)12-19(10-16)44(40,41)42;1-14-7-10-22(15(2)11-14)28-24(33)23(16(3)32)30-29-18-8-9-20-21(13-18)27(36)31(26(20)35)25(34)17-5-4-6-19(12-17)40(37,38)39;1-11-4-7-17(12(2)8-11)23-20(29)19(13(3)27)25-24-14-5-6-15-16(9-14)22(31)26(21(15)30)18(28)10-35(32,33)34;;;;/h4-12,23H,1-3H3,(H,28,33)(H,37,38,39)(H,40,41,42);4-13,23H,1-3H3,(H,28,33)(H,37,38,39);4-9,19H,10H2,1-3H3,(H,23,29)(H,32,33,34);;;;/q;;;4*+1/p-4. The number of anilines is 3. The monoisotopic (exact) mass is 1790 g/mol. The van der Waals surface area contributed by atoms with Gasteiger partial charge in [0.15, 0.2) is 17.3 Å². The van der Waals surface area contributed by atoms with Gasteiger partial charge in [0, 0.05) is 28.2 Å². The number of imide groups is 9. The first-order valence-corrected chi connectivity index (χ1v) is 39.9. The van der Waals surface area contributed by atoms with Crippen molar-refractivity contribution in [2.24, 2.45) is 30.7 Å². The van der Waals surface area contributed by atoms with Crippen LogP contribution >= 0.6 is 0 Å². The van der Waals surface area contributed by atoms with Gasteiger partial charge in [-0.3, -0.25) is 71.9 Å². The fourth-order valence-electron chi connectivity index (χ4n) is 11.5. The third kappa shape index (κ3) is 25.2. The summed E-state index contributed by atoms with van der Waals surface area (Å²) >= 11 is 0. The number of hydrogen-bond donors (Lipinski definition) is 3. The Labute approximate surface area is 788 Å². The molecule has 8 aromatic carbocycles. The molecule has 3 N–H and O–H groups in total. The summed E-state index contributed by atoms with van der Waals surface area (Å²) in [5, 5.41) is 30.8. The van der Waals surface area contributed by atoms with E-state index in [1.807, 2.05) is 39.0 Å². The number of Topliss-reactive ketones (excluding diaryl/α,β-unsaturated/α-hetero) is 3. The van der Waals surface area contributed by atoms with E-state index < -0.39 is 173 Å².